The zero-order chi connectivity index (χ0) is 24.7. The summed E-state index contributed by atoms with van der Waals surface area (Å²) in [5.41, 5.74) is 0.494. The third-order valence-corrected chi connectivity index (χ3v) is 6.64. The van der Waals surface area contributed by atoms with Crippen molar-refractivity contribution in [2.45, 2.75) is 18.4 Å². The number of benzene rings is 2. The van der Waals surface area contributed by atoms with Crippen LogP contribution in [0.3, 0.4) is 0 Å². The molecule has 1 saturated heterocycles. The van der Waals surface area contributed by atoms with Gasteiger partial charge in [-0.3, -0.25) is 9.59 Å². The topological polar surface area (TPSA) is 63.4 Å². The predicted molar refractivity (Wildman–Crippen MR) is 131 cm³/mol. The van der Waals surface area contributed by atoms with Gasteiger partial charge in [-0.15, -0.1) is 0 Å². The minimum Gasteiger partial charge on any atom is -0.495 e. The van der Waals surface area contributed by atoms with E-state index in [1.807, 2.05) is 6.07 Å². The van der Waals surface area contributed by atoms with Crippen LogP contribution in [0.2, 0.25) is 10.0 Å². The van der Waals surface area contributed by atoms with E-state index in [0.29, 0.717) is 53.9 Å². The molecule has 0 aromatic heterocycles. The molecule has 1 aliphatic heterocycles. The first kappa shape index (κ1) is 25.8. The number of amides is 2. The Hall–Kier alpha value is -2.79. The molecule has 1 fully saturated rings. The number of hydrogen-bond donors (Lipinski definition) is 0. The Morgan fingerprint density at radius 2 is 1.88 bits per heavy atom. The third kappa shape index (κ3) is 5.82. The number of hydrogen-bond acceptors (Lipinski definition) is 4. The van der Waals surface area contributed by atoms with Gasteiger partial charge in [-0.2, -0.15) is 0 Å². The van der Waals surface area contributed by atoms with Crippen molar-refractivity contribution >= 4 is 35.0 Å². The molecule has 0 spiro atoms. The fourth-order valence-corrected chi connectivity index (χ4v) is 4.45. The van der Waals surface area contributed by atoms with Crippen molar-refractivity contribution in [2.75, 3.05) is 47.0 Å². The molecule has 1 aliphatic rings. The largest absolute Gasteiger partial charge is 0.495 e. The van der Waals surface area contributed by atoms with Crippen molar-refractivity contribution in [2.24, 2.45) is 0 Å². The summed E-state index contributed by atoms with van der Waals surface area (Å²) in [6.45, 7) is 9.20. The lowest BCUT2D eigenvalue weighted by Crippen LogP contribution is -2.49. The van der Waals surface area contributed by atoms with Gasteiger partial charge in [0.1, 0.15) is 12.3 Å². The Morgan fingerprint density at radius 3 is 2.50 bits per heavy atom. The van der Waals surface area contributed by atoms with Crippen LogP contribution in [0.4, 0.5) is 0 Å². The zero-order valence-corrected chi connectivity index (χ0v) is 20.7. The summed E-state index contributed by atoms with van der Waals surface area (Å²) in [7, 11) is 3.08. The van der Waals surface area contributed by atoms with Crippen LogP contribution in [0.25, 0.3) is 4.85 Å². The number of nitrogens with zero attached hydrogens (tertiary/aromatic N) is 3. The number of methoxy groups -OCH3 is 2. The van der Waals surface area contributed by atoms with E-state index in [1.165, 1.54) is 12.0 Å². The van der Waals surface area contributed by atoms with Gasteiger partial charge < -0.3 is 24.1 Å². The number of ether oxygens (including phenoxy) is 2. The number of halogens is 2. The number of rotatable bonds is 8. The van der Waals surface area contributed by atoms with Crippen LogP contribution in [-0.4, -0.2) is 68.6 Å². The molecule has 180 valence electrons. The highest BCUT2D eigenvalue weighted by Crippen LogP contribution is 2.40. The maximum Gasteiger partial charge on any atom is 0.261 e. The molecule has 1 heterocycles. The van der Waals surface area contributed by atoms with Gasteiger partial charge in [0.2, 0.25) is 5.91 Å². The predicted octanol–water partition coefficient (Wildman–Crippen LogP) is 4.53. The van der Waals surface area contributed by atoms with E-state index in [4.69, 9.17) is 39.2 Å². The first-order chi connectivity index (χ1) is 16.3. The Kier molecular flexibility index (Phi) is 8.78. The van der Waals surface area contributed by atoms with E-state index in [9.17, 15) is 9.59 Å². The molecule has 34 heavy (non-hydrogen) atoms. The molecule has 0 unspecified atom stereocenters. The van der Waals surface area contributed by atoms with E-state index in [0.717, 1.165) is 5.56 Å². The van der Waals surface area contributed by atoms with Gasteiger partial charge in [-0.05, 0) is 36.4 Å². The standard InChI is InChI=1S/C25H27Cl2N3O4/c1-28-25(19-7-8-21(27)22(16-19)34-3)9-11-29(12-10-25)23(31)17-30(13-14-33-2)24(32)18-5-4-6-20(26)15-18/h4-8,15-16H,9-14,17H2,2-3H3. The van der Waals surface area contributed by atoms with Gasteiger partial charge >= 0.3 is 0 Å². The minimum absolute atomic E-state index is 0.0749. The quantitative estimate of drug-likeness (QED) is 0.496. The van der Waals surface area contributed by atoms with Crippen LogP contribution < -0.4 is 4.74 Å². The maximum atomic E-state index is 13.1. The SMILES string of the molecule is [C-]#[N+]C1(c2ccc(Cl)c(OC)c2)CCN(C(=O)CN(CCOC)C(=O)c2cccc(Cl)c2)CC1. The fourth-order valence-electron chi connectivity index (χ4n) is 4.06. The lowest BCUT2D eigenvalue weighted by atomic mass is 9.81. The molecule has 2 aromatic carbocycles. The molecule has 0 saturated carbocycles. The molecule has 0 radical (unpaired) electrons. The number of carbonyl (C=O) groups is 2. The van der Waals surface area contributed by atoms with Crippen molar-refractivity contribution in [3.05, 3.63) is 75.1 Å². The number of carbonyl (C=O) groups excluding carboxylic acids is 2. The molecule has 3 rings (SSSR count). The second-order valence-corrected chi connectivity index (χ2v) is 8.95. The van der Waals surface area contributed by atoms with Gasteiger partial charge in [-0.1, -0.05) is 29.3 Å². The molecule has 9 heteroatoms. The van der Waals surface area contributed by atoms with Crippen LogP contribution in [0.15, 0.2) is 42.5 Å². The van der Waals surface area contributed by atoms with Gasteiger partial charge in [0.15, 0.2) is 0 Å². The van der Waals surface area contributed by atoms with E-state index in [1.54, 1.807) is 48.4 Å². The molecular weight excluding hydrogens is 477 g/mol. The average molecular weight is 504 g/mol. The van der Waals surface area contributed by atoms with Gasteiger partial charge in [-0.25, -0.2) is 6.57 Å². The molecule has 0 aliphatic carbocycles. The number of piperidine rings is 1. The molecular formula is C25H27Cl2N3O4. The molecule has 0 N–H and O–H groups in total. The van der Waals surface area contributed by atoms with Gasteiger partial charge in [0.05, 0.1) is 18.7 Å². The summed E-state index contributed by atoms with van der Waals surface area (Å²) in [4.78, 5) is 33.3. The average Bonchev–Trinajstić information content (AvgIpc) is 2.86. The second kappa shape index (κ2) is 11.6. The van der Waals surface area contributed by atoms with E-state index in [-0.39, 0.29) is 24.9 Å². The number of likely N-dealkylation sites (tertiary alicyclic amines) is 1. The molecule has 2 aromatic rings. The smallest absolute Gasteiger partial charge is 0.261 e. The minimum atomic E-state index is -0.749. The zero-order valence-electron chi connectivity index (χ0n) is 19.2. The summed E-state index contributed by atoms with van der Waals surface area (Å²) in [5.74, 6) is 0.0708. The monoisotopic (exact) mass is 503 g/mol. The van der Waals surface area contributed by atoms with E-state index in [2.05, 4.69) is 4.85 Å². The highest BCUT2D eigenvalue weighted by atomic mass is 35.5. The first-order valence-electron chi connectivity index (χ1n) is 10.9. The van der Waals surface area contributed by atoms with Crippen LogP contribution in [-0.2, 0) is 15.1 Å². The summed E-state index contributed by atoms with van der Waals surface area (Å²) >= 11 is 12.2. The summed E-state index contributed by atoms with van der Waals surface area (Å²) in [6.07, 6.45) is 0.959. The van der Waals surface area contributed by atoms with Crippen molar-refractivity contribution in [1.29, 1.82) is 0 Å². The molecule has 0 bridgehead atoms. The third-order valence-electron chi connectivity index (χ3n) is 6.10. The van der Waals surface area contributed by atoms with Gasteiger partial charge in [0.25, 0.3) is 11.4 Å². The Morgan fingerprint density at radius 1 is 1.15 bits per heavy atom. The van der Waals surface area contributed by atoms with Crippen LogP contribution in [0, 0.1) is 6.57 Å². The summed E-state index contributed by atoms with van der Waals surface area (Å²) in [6, 6.07) is 12.0. The Labute approximate surface area is 210 Å². The maximum absolute atomic E-state index is 13.1. The van der Waals surface area contributed by atoms with Crippen molar-refractivity contribution in [3.63, 3.8) is 0 Å². The van der Waals surface area contributed by atoms with Crippen molar-refractivity contribution < 1.29 is 19.1 Å². The highest BCUT2D eigenvalue weighted by Gasteiger charge is 2.44. The summed E-state index contributed by atoms with van der Waals surface area (Å²) in [5, 5.41) is 0.939. The highest BCUT2D eigenvalue weighted by molar-refractivity contribution is 6.32. The molecule has 0 atom stereocenters. The van der Waals surface area contributed by atoms with Gasteiger partial charge in [0, 0.05) is 55.7 Å². The second-order valence-electron chi connectivity index (χ2n) is 8.10. The van der Waals surface area contributed by atoms with E-state index < -0.39 is 5.54 Å². The fraction of sp³-hybridized carbons (Fsp3) is 0.400. The van der Waals surface area contributed by atoms with Crippen molar-refractivity contribution in [3.8, 4) is 5.75 Å². The van der Waals surface area contributed by atoms with Crippen LogP contribution in [0.1, 0.15) is 28.8 Å². The normalized spacial score (nSPS) is 14.9. The molecule has 2 amide bonds. The van der Waals surface area contributed by atoms with Crippen LogP contribution in [0.5, 0.6) is 5.75 Å². The van der Waals surface area contributed by atoms with E-state index >= 15 is 0 Å². The van der Waals surface area contributed by atoms with Crippen molar-refractivity contribution in [1.82, 2.24) is 9.80 Å². The summed E-state index contributed by atoms with van der Waals surface area (Å²) < 4.78 is 10.4. The first-order valence-corrected chi connectivity index (χ1v) is 11.6. The van der Waals surface area contributed by atoms with Crippen LogP contribution >= 0.6 is 23.2 Å². The lowest BCUT2D eigenvalue weighted by Gasteiger charge is -2.35. The Bertz CT molecular complexity index is 1080. The Balaban J connectivity index is 1.70. The molecule has 7 nitrogen and oxygen atoms in total. The lowest BCUT2D eigenvalue weighted by molar-refractivity contribution is -0.133.